The van der Waals surface area contributed by atoms with Crippen LogP contribution in [0.15, 0.2) is 22.7 Å². The third-order valence-corrected chi connectivity index (χ3v) is 3.71. The van der Waals surface area contributed by atoms with Crippen LogP contribution in [-0.4, -0.2) is 31.8 Å². The summed E-state index contributed by atoms with van der Waals surface area (Å²) in [4.78, 5) is 2.40. The van der Waals surface area contributed by atoms with Crippen LogP contribution >= 0.6 is 15.9 Å². The molecule has 18 heavy (non-hydrogen) atoms. The van der Waals surface area contributed by atoms with E-state index in [1.807, 2.05) is 0 Å². The first-order valence-electron chi connectivity index (χ1n) is 6.39. The molecule has 0 bridgehead atoms. The lowest BCUT2D eigenvalue weighted by atomic mass is 10.0. The van der Waals surface area contributed by atoms with Gasteiger partial charge < -0.3 is 15.4 Å². The number of nitrogens with zero attached hydrogens (tertiary/aromatic N) is 1. The Kier molecular flexibility index (Phi) is 4.30. The van der Waals surface area contributed by atoms with Gasteiger partial charge in [-0.15, -0.1) is 0 Å². The predicted molar refractivity (Wildman–Crippen MR) is 79.1 cm³/mol. The lowest BCUT2D eigenvalue weighted by Gasteiger charge is -2.40. The van der Waals surface area contributed by atoms with Gasteiger partial charge in [0.1, 0.15) is 0 Å². The van der Waals surface area contributed by atoms with E-state index in [0.29, 0.717) is 6.54 Å². The minimum absolute atomic E-state index is 0.0781. The Hall–Kier alpha value is -0.580. The maximum atomic E-state index is 5.76. The van der Waals surface area contributed by atoms with Crippen LogP contribution in [0.1, 0.15) is 19.4 Å². The first-order chi connectivity index (χ1) is 8.52. The monoisotopic (exact) mass is 312 g/mol. The minimum atomic E-state index is -0.0781. The van der Waals surface area contributed by atoms with Crippen molar-refractivity contribution in [2.45, 2.75) is 25.9 Å². The highest BCUT2D eigenvalue weighted by atomic mass is 79.9. The van der Waals surface area contributed by atoms with E-state index < -0.39 is 0 Å². The van der Waals surface area contributed by atoms with E-state index in [9.17, 15) is 0 Å². The number of ether oxygens (including phenoxy) is 1. The van der Waals surface area contributed by atoms with Crippen molar-refractivity contribution >= 4 is 21.6 Å². The van der Waals surface area contributed by atoms with Crippen molar-refractivity contribution in [1.29, 1.82) is 0 Å². The van der Waals surface area contributed by atoms with Gasteiger partial charge in [0, 0.05) is 23.2 Å². The summed E-state index contributed by atoms with van der Waals surface area (Å²) >= 11 is 3.53. The van der Waals surface area contributed by atoms with Gasteiger partial charge in [0.15, 0.2) is 0 Å². The van der Waals surface area contributed by atoms with Gasteiger partial charge in [0.25, 0.3) is 0 Å². The molecule has 3 nitrogen and oxygen atoms in total. The number of anilines is 1. The average Bonchev–Trinajstić information content (AvgIpc) is 2.28. The van der Waals surface area contributed by atoms with Crippen molar-refractivity contribution in [2.75, 3.05) is 31.1 Å². The molecule has 2 rings (SSSR count). The Morgan fingerprint density at radius 1 is 1.44 bits per heavy atom. The summed E-state index contributed by atoms with van der Waals surface area (Å²) in [6.07, 6.45) is 0.909. The molecule has 0 atom stereocenters. The van der Waals surface area contributed by atoms with Crippen LogP contribution in [0.3, 0.4) is 0 Å². The van der Waals surface area contributed by atoms with Gasteiger partial charge in [-0.3, -0.25) is 0 Å². The predicted octanol–water partition coefficient (Wildman–Crippen LogP) is 2.57. The molecule has 4 heteroatoms. The third-order valence-electron chi connectivity index (χ3n) is 3.22. The molecule has 0 saturated carbocycles. The molecule has 1 heterocycles. The summed E-state index contributed by atoms with van der Waals surface area (Å²) < 4.78 is 6.88. The molecule has 100 valence electrons. The van der Waals surface area contributed by atoms with Gasteiger partial charge in [-0.2, -0.15) is 0 Å². The molecule has 0 aliphatic carbocycles. The molecule has 0 spiro atoms. The van der Waals surface area contributed by atoms with Crippen LogP contribution in [0.5, 0.6) is 0 Å². The van der Waals surface area contributed by atoms with Crippen LogP contribution in [0, 0.1) is 0 Å². The van der Waals surface area contributed by atoms with Gasteiger partial charge in [-0.1, -0.05) is 15.9 Å². The minimum Gasteiger partial charge on any atom is -0.372 e. The number of nitrogens with two attached hydrogens (primary N) is 1. The topological polar surface area (TPSA) is 38.5 Å². The van der Waals surface area contributed by atoms with Crippen LogP contribution in [-0.2, 0) is 11.2 Å². The Morgan fingerprint density at radius 2 is 2.22 bits per heavy atom. The fourth-order valence-corrected chi connectivity index (χ4v) is 2.85. The van der Waals surface area contributed by atoms with Crippen molar-refractivity contribution in [1.82, 2.24) is 0 Å². The van der Waals surface area contributed by atoms with Crippen molar-refractivity contribution < 1.29 is 4.74 Å². The highest BCUT2D eigenvalue weighted by Crippen LogP contribution is 2.28. The molecular formula is C14H21BrN2O. The molecular weight excluding hydrogens is 292 g/mol. The molecule has 1 aromatic rings. The number of hydrogen-bond donors (Lipinski definition) is 1. The van der Waals surface area contributed by atoms with E-state index in [-0.39, 0.29) is 5.60 Å². The largest absolute Gasteiger partial charge is 0.372 e. The van der Waals surface area contributed by atoms with Crippen LogP contribution in [0.4, 0.5) is 5.69 Å². The molecule has 0 radical (unpaired) electrons. The fraction of sp³-hybridized carbons (Fsp3) is 0.571. The Labute approximate surface area is 117 Å². The van der Waals surface area contributed by atoms with E-state index in [2.05, 4.69) is 52.9 Å². The van der Waals surface area contributed by atoms with Gasteiger partial charge in [-0.05, 0) is 50.6 Å². The Morgan fingerprint density at radius 3 is 2.89 bits per heavy atom. The summed E-state index contributed by atoms with van der Waals surface area (Å²) in [5.74, 6) is 0. The van der Waals surface area contributed by atoms with Crippen molar-refractivity contribution in [3.63, 3.8) is 0 Å². The average molecular weight is 313 g/mol. The van der Waals surface area contributed by atoms with Crippen LogP contribution in [0.2, 0.25) is 0 Å². The maximum Gasteiger partial charge on any atom is 0.0801 e. The number of hydrogen-bond acceptors (Lipinski definition) is 3. The summed E-state index contributed by atoms with van der Waals surface area (Å²) in [7, 11) is 0. The van der Waals surface area contributed by atoms with E-state index in [4.69, 9.17) is 10.5 Å². The number of benzene rings is 1. The molecule has 1 aliphatic heterocycles. The van der Waals surface area contributed by atoms with E-state index in [0.717, 1.165) is 30.6 Å². The zero-order valence-corrected chi connectivity index (χ0v) is 12.7. The van der Waals surface area contributed by atoms with Gasteiger partial charge in [0.05, 0.1) is 12.2 Å². The fourth-order valence-electron chi connectivity index (χ4n) is 2.44. The van der Waals surface area contributed by atoms with E-state index in [1.54, 1.807) is 0 Å². The molecule has 1 fully saturated rings. The lowest BCUT2D eigenvalue weighted by Crippen LogP contribution is -2.48. The lowest BCUT2D eigenvalue weighted by molar-refractivity contribution is -0.0277. The molecule has 0 amide bonds. The highest BCUT2D eigenvalue weighted by Gasteiger charge is 2.28. The highest BCUT2D eigenvalue weighted by molar-refractivity contribution is 9.10. The first kappa shape index (κ1) is 13.8. The van der Waals surface area contributed by atoms with E-state index in [1.165, 1.54) is 11.3 Å². The van der Waals surface area contributed by atoms with Crippen LogP contribution in [0.25, 0.3) is 0 Å². The SMILES string of the molecule is CC1(C)CN(c2ccc(Br)cc2CCN)CCO1. The maximum absolute atomic E-state index is 5.76. The van der Waals surface area contributed by atoms with Gasteiger partial charge in [-0.25, -0.2) is 0 Å². The van der Waals surface area contributed by atoms with Crippen molar-refractivity contribution in [3.05, 3.63) is 28.2 Å². The molecule has 1 aromatic carbocycles. The Balaban J connectivity index is 2.26. The molecule has 1 aliphatic rings. The number of morpholine rings is 1. The van der Waals surface area contributed by atoms with Crippen molar-refractivity contribution in [3.8, 4) is 0 Å². The zero-order chi connectivity index (χ0) is 13.2. The Bertz CT molecular complexity index is 420. The molecule has 2 N–H and O–H groups in total. The van der Waals surface area contributed by atoms with Gasteiger partial charge >= 0.3 is 0 Å². The number of rotatable bonds is 3. The second-order valence-electron chi connectivity index (χ2n) is 5.34. The van der Waals surface area contributed by atoms with Crippen molar-refractivity contribution in [2.24, 2.45) is 5.73 Å². The normalized spacial score (nSPS) is 19.0. The quantitative estimate of drug-likeness (QED) is 0.932. The van der Waals surface area contributed by atoms with Crippen LogP contribution < -0.4 is 10.6 Å². The summed E-state index contributed by atoms with van der Waals surface area (Å²) in [5, 5.41) is 0. The third kappa shape index (κ3) is 3.25. The van der Waals surface area contributed by atoms with E-state index >= 15 is 0 Å². The molecule has 1 saturated heterocycles. The second-order valence-corrected chi connectivity index (χ2v) is 6.26. The first-order valence-corrected chi connectivity index (χ1v) is 7.18. The van der Waals surface area contributed by atoms with Gasteiger partial charge in [0.2, 0.25) is 0 Å². The zero-order valence-electron chi connectivity index (χ0n) is 11.1. The summed E-state index contributed by atoms with van der Waals surface area (Å²) in [6.45, 7) is 7.61. The standard InChI is InChI=1S/C14H21BrN2O/c1-14(2)10-17(7-8-18-14)13-4-3-12(15)9-11(13)5-6-16/h3-4,9H,5-8,10,16H2,1-2H3. The second kappa shape index (κ2) is 5.59. The molecule has 0 unspecified atom stereocenters. The number of halogens is 1. The molecule has 0 aromatic heterocycles. The summed E-state index contributed by atoms with van der Waals surface area (Å²) in [6, 6.07) is 6.44. The summed E-state index contributed by atoms with van der Waals surface area (Å²) in [5.41, 5.74) is 8.23. The smallest absolute Gasteiger partial charge is 0.0801 e.